The highest BCUT2D eigenvalue weighted by Gasteiger charge is 2.26. The van der Waals surface area contributed by atoms with E-state index in [0.717, 1.165) is 42.2 Å². The number of hydrogen-bond donors (Lipinski definition) is 2. The molecule has 1 aromatic heterocycles. The maximum atomic E-state index is 13.0. The molecule has 1 saturated heterocycles. The lowest BCUT2D eigenvalue weighted by Crippen LogP contribution is -2.27. The molecule has 6 heteroatoms. The van der Waals surface area contributed by atoms with Crippen LogP contribution in [0.1, 0.15) is 34.0 Å². The average Bonchev–Trinajstić information content (AvgIpc) is 3.44. The zero-order valence-electron chi connectivity index (χ0n) is 15.9. The second-order valence-corrected chi connectivity index (χ2v) is 7.02. The summed E-state index contributed by atoms with van der Waals surface area (Å²) in [5, 5.41) is 10.5. The number of hydrogen-bond acceptors (Lipinski definition) is 4. The molecule has 0 aliphatic carbocycles. The van der Waals surface area contributed by atoms with Gasteiger partial charge in [-0.05, 0) is 42.8 Å². The van der Waals surface area contributed by atoms with E-state index in [0.29, 0.717) is 18.1 Å². The van der Waals surface area contributed by atoms with Gasteiger partial charge in [0.25, 0.3) is 5.91 Å². The van der Waals surface area contributed by atoms with Gasteiger partial charge in [0, 0.05) is 25.2 Å². The normalized spacial score (nSPS) is 16.1. The second kappa shape index (κ2) is 8.27. The van der Waals surface area contributed by atoms with Gasteiger partial charge in [-0.1, -0.05) is 30.3 Å². The summed E-state index contributed by atoms with van der Waals surface area (Å²) in [6, 6.07) is 17.6. The largest absolute Gasteiger partial charge is 0.489 e. The van der Waals surface area contributed by atoms with Crippen LogP contribution in [0.5, 0.6) is 5.75 Å². The molecule has 0 saturated carbocycles. The van der Waals surface area contributed by atoms with Gasteiger partial charge in [0.15, 0.2) is 0 Å². The minimum atomic E-state index is -0.0615. The number of amides is 1. The van der Waals surface area contributed by atoms with Gasteiger partial charge in [-0.15, -0.1) is 0 Å². The number of rotatable bonds is 6. The highest BCUT2D eigenvalue weighted by atomic mass is 16.5. The van der Waals surface area contributed by atoms with Crippen molar-refractivity contribution < 1.29 is 9.53 Å². The summed E-state index contributed by atoms with van der Waals surface area (Å²) < 4.78 is 5.82. The van der Waals surface area contributed by atoms with Crippen LogP contribution in [0, 0.1) is 0 Å². The highest BCUT2D eigenvalue weighted by Crippen LogP contribution is 2.26. The molecule has 0 bridgehead atoms. The van der Waals surface area contributed by atoms with Gasteiger partial charge in [0.1, 0.15) is 12.4 Å². The van der Waals surface area contributed by atoms with Crippen LogP contribution in [0.4, 0.5) is 5.69 Å². The Hall–Kier alpha value is -3.12. The molecule has 6 nitrogen and oxygen atoms in total. The standard InChI is InChI=1S/C22H24N4O2/c1-26(22(27)20-14-24-25-21(20)17-11-12-23-13-17)18-7-9-19(10-8-18)28-15-16-5-3-2-4-6-16/h2-10,14,17,23H,11-13,15H2,1H3,(H,24,25). The molecule has 1 aliphatic rings. The molecule has 1 atom stereocenters. The third-order valence-corrected chi connectivity index (χ3v) is 5.14. The summed E-state index contributed by atoms with van der Waals surface area (Å²) in [6.07, 6.45) is 2.64. The lowest BCUT2D eigenvalue weighted by Gasteiger charge is -2.19. The SMILES string of the molecule is CN(C(=O)c1cn[nH]c1C1CCNC1)c1ccc(OCc2ccccc2)cc1. The van der Waals surface area contributed by atoms with Crippen molar-refractivity contribution in [1.82, 2.24) is 15.5 Å². The van der Waals surface area contributed by atoms with Gasteiger partial charge >= 0.3 is 0 Å². The Labute approximate surface area is 164 Å². The van der Waals surface area contributed by atoms with Crippen LogP contribution >= 0.6 is 0 Å². The molecule has 2 N–H and O–H groups in total. The molecule has 1 amide bonds. The third-order valence-electron chi connectivity index (χ3n) is 5.14. The molecule has 0 spiro atoms. The predicted molar refractivity (Wildman–Crippen MR) is 109 cm³/mol. The molecular weight excluding hydrogens is 352 g/mol. The molecule has 1 unspecified atom stereocenters. The summed E-state index contributed by atoms with van der Waals surface area (Å²) in [4.78, 5) is 14.6. The van der Waals surface area contributed by atoms with Gasteiger partial charge < -0.3 is 15.0 Å². The number of carbonyl (C=O) groups is 1. The van der Waals surface area contributed by atoms with Crippen LogP contribution in [0.15, 0.2) is 60.8 Å². The Morgan fingerprint density at radius 2 is 1.96 bits per heavy atom. The number of anilines is 1. The van der Waals surface area contributed by atoms with E-state index < -0.39 is 0 Å². The van der Waals surface area contributed by atoms with E-state index in [2.05, 4.69) is 15.5 Å². The van der Waals surface area contributed by atoms with Crippen molar-refractivity contribution in [1.29, 1.82) is 0 Å². The van der Waals surface area contributed by atoms with Crippen LogP contribution in [0.3, 0.4) is 0 Å². The van der Waals surface area contributed by atoms with Crippen molar-refractivity contribution in [3.05, 3.63) is 77.6 Å². The van der Waals surface area contributed by atoms with Gasteiger partial charge in [0.2, 0.25) is 0 Å². The topological polar surface area (TPSA) is 70.2 Å². The first-order chi connectivity index (χ1) is 13.7. The Morgan fingerprint density at radius 1 is 1.18 bits per heavy atom. The van der Waals surface area contributed by atoms with E-state index in [1.54, 1.807) is 18.1 Å². The zero-order valence-corrected chi connectivity index (χ0v) is 15.9. The maximum Gasteiger partial charge on any atom is 0.261 e. The minimum absolute atomic E-state index is 0.0615. The summed E-state index contributed by atoms with van der Waals surface area (Å²) in [7, 11) is 1.78. The fraction of sp³-hybridized carbons (Fsp3) is 0.273. The molecule has 3 aromatic rings. The molecule has 28 heavy (non-hydrogen) atoms. The lowest BCUT2D eigenvalue weighted by atomic mass is 10.0. The van der Waals surface area contributed by atoms with Crippen LogP contribution in [-0.4, -0.2) is 36.2 Å². The van der Waals surface area contributed by atoms with E-state index in [1.165, 1.54) is 0 Å². The molecule has 2 aromatic carbocycles. The Kier molecular flexibility index (Phi) is 5.39. The highest BCUT2D eigenvalue weighted by molar-refractivity contribution is 6.06. The number of ether oxygens (including phenoxy) is 1. The van der Waals surface area contributed by atoms with Gasteiger partial charge in [-0.2, -0.15) is 5.10 Å². The maximum absolute atomic E-state index is 13.0. The number of aromatic amines is 1. The lowest BCUT2D eigenvalue weighted by molar-refractivity contribution is 0.0991. The first-order valence-corrected chi connectivity index (χ1v) is 9.51. The molecule has 1 fully saturated rings. The summed E-state index contributed by atoms with van der Waals surface area (Å²) in [5.41, 5.74) is 3.49. The minimum Gasteiger partial charge on any atom is -0.489 e. The number of benzene rings is 2. The van der Waals surface area contributed by atoms with Crippen molar-refractivity contribution in [2.75, 3.05) is 25.0 Å². The Morgan fingerprint density at radius 3 is 2.68 bits per heavy atom. The van der Waals surface area contributed by atoms with Gasteiger partial charge in [-0.25, -0.2) is 0 Å². The fourth-order valence-corrected chi connectivity index (χ4v) is 3.48. The Bertz CT molecular complexity index is 915. The van der Waals surface area contributed by atoms with E-state index in [9.17, 15) is 4.79 Å². The second-order valence-electron chi connectivity index (χ2n) is 7.02. The van der Waals surface area contributed by atoms with Crippen LogP contribution < -0.4 is 15.0 Å². The molecule has 4 rings (SSSR count). The van der Waals surface area contributed by atoms with E-state index in [4.69, 9.17) is 4.74 Å². The Balaban J connectivity index is 1.42. The molecule has 144 valence electrons. The quantitative estimate of drug-likeness (QED) is 0.692. The number of H-pyrrole nitrogens is 1. The first kappa shape index (κ1) is 18.3. The van der Waals surface area contributed by atoms with Crippen molar-refractivity contribution in [2.24, 2.45) is 0 Å². The first-order valence-electron chi connectivity index (χ1n) is 9.51. The van der Waals surface area contributed by atoms with Crippen molar-refractivity contribution in [2.45, 2.75) is 18.9 Å². The molecular formula is C22H24N4O2. The van der Waals surface area contributed by atoms with E-state index in [-0.39, 0.29) is 5.91 Å². The van der Waals surface area contributed by atoms with Crippen molar-refractivity contribution in [3.8, 4) is 5.75 Å². The van der Waals surface area contributed by atoms with Gasteiger partial charge in [0.05, 0.1) is 17.5 Å². The van der Waals surface area contributed by atoms with Crippen LogP contribution in [-0.2, 0) is 6.61 Å². The number of carbonyl (C=O) groups excluding carboxylic acids is 1. The van der Waals surface area contributed by atoms with Crippen LogP contribution in [0.25, 0.3) is 0 Å². The monoisotopic (exact) mass is 376 g/mol. The van der Waals surface area contributed by atoms with Crippen molar-refractivity contribution in [3.63, 3.8) is 0 Å². The number of nitrogens with one attached hydrogen (secondary N) is 2. The predicted octanol–water partition coefficient (Wildman–Crippen LogP) is 3.34. The molecule has 1 aliphatic heterocycles. The molecule has 2 heterocycles. The zero-order chi connectivity index (χ0) is 19.3. The van der Waals surface area contributed by atoms with Crippen molar-refractivity contribution >= 4 is 11.6 Å². The summed E-state index contributed by atoms with van der Waals surface area (Å²) in [5.74, 6) is 1.02. The smallest absolute Gasteiger partial charge is 0.261 e. The van der Waals surface area contributed by atoms with Crippen LogP contribution in [0.2, 0.25) is 0 Å². The average molecular weight is 376 g/mol. The van der Waals surface area contributed by atoms with E-state index in [1.807, 2.05) is 54.6 Å². The number of aromatic nitrogens is 2. The molecule has 0 radical (unpaired) electrons. The van der Waals surface area contributed by atoms with E-state index >= 15 is 0 Å². The summed E-state index contributed by atoms with van der Waals surface area (Å²) >= 11 is 0. The fourth-order valence-electron chi connectivity index (χ4n) is 3.48. The third kappa shape index (κ3) is 3.92. The number of nitrogens with zero attached hydrogens (tertiary/aromatic N) is 2. The summed E-state index contributed by atoms with van der Waals surface area (Å²) in [6.45, 7) is 2.36. The van der Waals surface area contributed by atoms with Gasteiger partial charge in [-0.3, -0.25) is 9.89 Å².